The zero-order valence-electron chi connectivity index (χ0n) is 29.4. The SMILES string of the molecule is CCCCCCCCCCCCCCBr.CCCCCCCCCCCCCCCC[N+](C)(C)C.CN(C)C.[Br-]. The number of hydrogen-bond acceptors (Lipinski definition) is 1. The van der Waals surface area contributed by atoms with Crippen LogP contribution in [0.2, 0.25) is 0 Å². The number of quaternary nitrogens is 1. The third-order valence-electron chi connectivity index (χ3n) is 7.17. The summed E-state index contributed by atoms with van der Waals surface area (Å²) in [7, 11) is 12.9. The summed E-state index contributed by atoms with van der Waals surface area (Å²) in [6.45, 7) is 5.91. The predicted molar refractivity (Wildman–Crippen MR) is 188 cm³/mol. The molecule has 248 valence electrons. The molecule has 0 heterocycles. The van der Waals surface area contributed by atoms with Crippen molar-refractivity contribution >= 4 is 15.9 Å². The Morgan fingerprint density at radius 1 is 0.400 bits per heavy atom. The zero-order valence-corrected chi connectivity index (χ0v) is 32.6. The van der Waals surface area contributed by atoms with Gasteiger partial charge in [0.1, 0.15) is 0 Å². The van der Waals surface area contributed by atoms with E-state index in [4.69, 9.17) is 0 Å². The summed E-state index contributed by atoms with van der Waals surface area (Å²) in [5.41, 5.74) is 0. The molecule has 40 heavy (non-hydrogen) atoms. The van der Waals surface area contributed by atoms with Gasteiger partial charge in [-0.1, -0.05) is 177 Å². The lowest BCUT2D eigenvalue weighted by Crippen LogP contribution is -3.00. The van der Waals surface area contributed by atoms with E-state index >= 15 is 0 Å². The van der Waals surface area contributed by atoms with Gasteiger partial charge in [-0.2, -0.15) is 0 Å². The molecule has 0 aliphatic rings. The Hall–Kier alpha value is 0.880. The average Bonchev–Trinajstić information content (AvgIpc) is 2.87. The monoisotopic (exact) mass is 698 g/mol. The van der Waals surface area contributed by atoms with Gasteiger partial charge in [0.25, 0.3) is 0 Å². The number of alkyl halides is 1. The molecular formula is C36H80Br2N2. The van der Waals surface area contributed by atoms with E-state index in [1.807, 2.05) is 26.0 Å². The number of unbranched alkanes of at least 4 members (excludes halogenated alkanes) is 24. The molecule has 0 aliphatic carbocycles. The normalized spacial score (nSPS) is 10.9. The Bertz CT molecular complexity index is 382. The summed E-state index contributed by atoms with van der Waals surface area (Å²) in [4.78, 5) is 2.00. The third-order valence-corrected chi connectivity index (χ3v) is 7.73. The van der Waals surface area contributed by atoms with E-state index < -0.39 is 0 Å². The molecule has 0 aromatic rings. The minimum absolute atomic E-state index is 0. The Labute approximate surface area is 276 Å². The van der Waals surface area contributed by atoms with Crippen LogP contribution in [0.5, 0.6) is 0 Å². The molecule has 0 amide bonds. The predicted octanol–water partition coefficient (Wildman–Crippen LogP) is 9.44. The summed E-state index contributed by atoms with van der Waals surface area (Å²) >= 11 is 3.47. The highest BCUT2D eigenvalue weighted by Gasteiger charge is 2.05. The lowest BCUT2D eigenvalue weighted by Gasteiger charge is -2.23. The first-order valence-corrected chi connectivity index (χ1v) is 18.8. The summed E-state index contributed by atoms with van der Waals surface area (Å²) < 4.78 is 1.12. The third kappa shape index (κ3) is 62.5. The number of halogens is 2. The van der Waals surface area contributed by atoms with Gasteiger partial charge in [-0.05, 0) is 40.4 Å². The summed E-state index contributed by atoms with van der Waals surface area (Å²) in [5, 5.41) is 1.18. The van der Waals surface area contributed by atoms with E-state index in [1.54, 1.807) is 0 Å². The fourth-order valence-electron chi connectivity index (χ4n) is 4.72. The van der Waals surface area contributed by atoms with E-state index in [2.05, 4.69) is 50.9 Å². The maximum Gasteiger partial charge on any atom is 0.0780 e. The van der Waals surface area contributed by atoms with Gasteiger partial charge in [0, 0.05) is 5.33 Å². The van der Waals surface area contributed by atoms with Gasteiger partial charge in [-0.15, -0.1) is 0 Å². The average molecular weight is 701 g/mol. The second-order valence-electron chi connectivity index (χ2n) is 13.5. The standard InChI is InChI=1S/C19H42N.C14H29Br.C3H9N.BrH/c1-5-6-7-8-9-10-11-12-13-14-15-16-17-18-19-20(2,3)4;1-2-3-4-5-6-7-8-9-10-11-12-13-14-15;1-4(2)3;/h5-19H2,1-4H3;2-14H2,1H3;1-3H3;1H/q+1;;;/p-1. The Kier molecular flexibility index (Phi) is 50.2. The van der Waals surface area contributed by atoms with Gasteiger partial charge in [-0.25, -0.2) is 0 Å². The minimum Gasteiger partial charge on any atom is -1.00 e. The first kappa shape index (κ1) is 47.8. The lowest BCUT2D eigenvalue weighted by molar-refractivity contribution is -0.870. The van der Waals surface area contributed by atoms with Crippen molar-refractivity contribution in [3.8, 4) is 0 Å². The second-order valence-corrected chi connectivity index (χ2v) is 14.3. The molecule has 0 atom stereocenters. The van der Waals surface area contributed by atoms with Crippen LogP contribution in [0.4, 0.5) is 0 Å². The fraction of sp³-hybridized carbons (Fsp3) is 1.00. The second kappa shape index (κ2) is 42.0. The molecule has 0 bridgehead atoms. The van der Waals surface area contributed by atoms with Crippen molar-refractivity contribution in [2.45, 2.75) is 181 Å². The van der Waals surface area contributed by atoms with Gasteiger partial charge in [-0.3, -0.25) is 0 Å². The molecule has 0 aromatic carbocycles. The molecule has 0 unspecified atom stereocenters. The van der Waals surface area contributed by atoms with Crippen LogP contribution in [0.25, 0.3) is 0 Å². The highest BCUT2D eigenvalue weighted by atomic mass is 79.9. The summed E-state index contributed by atoms with van der Waals surface area (Å²) in [6, 6.07) is 0. The maximum atomic E-state index is 3.47. The van der Waals surface area contributed by atoms with Crippen molar-refractivity contribution in [2.75, 3.05) is 54.2 Å². The van der Waals surface area contributed by atoms with E-state index in [1.165, 1.54) is 179 Å². The van der Waals surface area contributed by atoms with Gasteiger partial charge >= 0.3 is 0 Å². The molecule has 0 spiro atoms. The van der Waals surface area contributed by atoms with E-state index in [9.17, 15) is 0 Å². The minimum atomic E-state index is 0. The molecule has 0 aliphatic heterocycles. The van der Waals surface area contributed by atoms with Crippen LogP contribution in [-0.4, -0.2) is 63.5 Å². The number of rotatable bonds is 27. The Morgan fingerprint density at radius 2 is 0.600 bits per heavy atom. The van der Waals surface area contributed by atoms with E-state index in [0.29, 0.717) is 0 Å². The molecule has 0 fully saturated rings. The number of hydrogen-bond donors (Lipinski definition) is 0. The molecular weight excluding hydrogens is 620 g/mol. The molecule has 0 radical (unpaired) electrons. The van der Waals surface area contributed by atoms with E-state index in [-0.39, 0.29) is 17.0 Å². The van der Waals surface area contributed by atoms with Crippen LogP contribution in [-0.2, 0) is 0 Å². The zero-order chi connectivity index (χ0) is 29.9. The van der Waals surface area contributed by atoms with E-state index in [0.717, 1.165) is 4.48 Å². The Morgan fingerprint density at radius 3 is 0.800 bits per heavy atom. The molecule has 0 saturated heterocycles. The molecule has 0 N–H and O–H groups in total. The molecule has 0 rings (SSSR count). The topological polar surface area (TPSA) is 3.24 Å². The largest absolute Gasteiger partial charge is 1.00 e. The van der Waals surface area contributed by atoms with Crippen LogP contribution in [0.3, 0.4) is 0 Å². The smallest absolute Gasteiger partial charge is 0.0780 e. The quantitative estimate of drug-likeness (QED) is 0.0469. The highest BCUT2D eigenvalue weighted by molar-refractivity contribution is 9.09. The summed E-state index contributed by atoms with van der Waals surface area (Å²) in [5.74, 6) is 0. The van der Waals surface area contributed by atoms with Gasteiger partial charge in [0.15, 0.2) is 0 Å². The Balaban J connectivity index is -0.000000287. The first-order chi connectivity index (χ1) is 18.7. The van der Waals surface area contributed by atoms with Gasteiger partial charge < -0.3 is 26.4 Å². The number of nitrogens with zero attached hydrogens (tertiary/aromatic N) is 2. The first-order valence-electron chi connectivity index (χ1n) is 17.7. The van der Waals surface area contributed by atoms with Gasteiger partial charge in [0.05, 0.1) is 27.7 Å². The van der Waals surface area contributed by atoms with Crippen LogP contribution < -0.4 is 17.0 Å². The van der Waals surface area contributed by atoms with Crippen molar-refractivity contribution in [3.05, 3.63) is 0 Å². The van der Waals surface area contributed by atoms with Crippen molar-refractivity contribution in [1.29, 1.82) is 0 Å². The van der Waals surface area contributed by atoms with Crippen LogP contribution >= 0.6 is 15.9 Å². The van der Waals surface area contributed by atoms with Crippen molar-refractivity contribution < 1.29 is 21.5 Å². The molecule has 0 aromatic heterocycles. The van der Waals surface area contributed by atoms with Crippen LogP contribution in [0.15, 0.2) is 0 Å². The summed E-state index contributed by atoms with van der Waals surface area (Å²) in [6.07, 6.45) is 37.7. The fourth-order valence-corrected chi connectivity index (χ4v) is 5.11. The molecule has 4 heteroatoms. The lowest BCUT2D eigenvalue weighted by atomic mass is 10.0. The van der Waals surface area contributed by atoms with Crippen molar-refractivity contribution in [1.82, 2.24) is 4.90 Å². The van der Waals surface area contributed by atoms with Gasteiger partial charge in [0.2, 0.25) is 0 Å². The van der Waals surface area contributed by atoms with Crippen LogP contribution in [0.1, 0.15) is 181 Å². The maximum absolute atomic E-state index is 3.47. The van der Waals surface area contributed by atoms with Crippen molar-refractivity contribution in [2.24, 2.45) is 0 Å². The molecule has 0 saturated carbocycles. The molecule has 2 nitrogen and oxygen atoms in total. The van der Waals surface area contributed by atoms with Crippen molar-refractivity contribution in [3.63, 3.8) is 0 Å². The van der Waals surface area contributed by atoms with Crippen LogP contribution in [0, 0.1) is 0 Å². The highest BCUT2D eigenvalue weighted by Crippen LogP contribution is 2.14.